The molecule has 0 saturated carbocycles. The lowest BCUT2D eigenvalue weighted by Gasteiger charge is -2.35. The minimum absolute atomic E-state index is 0.0117. The third-order valence-electron chi connectivity index (χ3n) is 4.39. The number of hydrogen-bond donors (Lipinski definition) is 1. The molecule has 2 heterocycles. The van der Waals surface area contributed by atoms with Gasteiger partial charge in [0.15, 0.2) is 5.76 Å². The molecule has 1 aliphatic rings. The van der Waals surface area contributed by atoms with Crippen molar-refractivity contribution in [3.8, 4) is 0 Å². The molecule has 1 atom stereocenters. The highest BCUT2D eigenvalue weighted by molar-refractivity contribution is 5.92. The normalized spacial score (nSPS) is 18.5. The highest BCUT2D eigenvalue weighted by Crippen LogP contribution is 2.25. The summed E-state index contributed by atoms with van der Waals surface area (Å²) in [6, 6.07) is 1.86. The third-order valence-corrected chi connectivity index (χ3v) is 4.39. The first kappa shape index (κ1) is 16.6. The zero-order valence-corrected chi connectivity index (χ0v) is 13.4. The Morgan fingerprint density at radius 3 is 2.68 bits per heavy atom. The molecular formula is C17H25NO4. The summed E-state index contributed by atoms with van der Waals surface area (Å²) in [5.41, 5.74) is 1.09. The fraction of sp³-hybridized carbons (Fsp3) is 0.647. The second-order valence-corrected chi connectivity index (χ2v) is 5.85. The van der Waals surface area contributed by atoms with Gasteiger partial charge < -0.3 is 14.4 Å². The second kappa shape index (κ2) is 7.47. The zero-order chi connectivity index (χ0) is 16.1. The highest BCUT2D eigenvalue weighted by atomic mass is 16.4. The number of carboxylic acids is 1. The number of hydrogen-bond acceptors (Lipinski definition) is 3. The Kier molecular flexibility index (Phi) is 5.63. The van der Waals surface area contributed by atoms with Crippen LogP contribution in [0.2, 0.25) is 0 Å². The van der Waals surface area contributed by atoms with Crippen molar-refractivity contribution in [1.29, 1.82) is 0 Å². The average Bonchev–Trinajstić information content (AvgIpc) is 2.95. The Balaban J connectivity index is 2.14. The minimum Gasteiger partial charge on any atom is -0.481 e. The summed E-state index contributed by atoms with van der Waals surface area (Å²) in [7, 11) is 0. The molecule has 5 heteroatoms. The highest BCUT2D eigenvalue weighted by Gasteiger charge is 2.30. The minimum atomic E-state index is -0.808. The van der Waals surface area contributed by atoms with E-state index in [1.54, 1.807) is 0 Å². The first-order valence-electron chi connectivity index (χ1n) is 8.21. The van der Waals surface area contributed by atoms with Gasteiger partial charge in [-0.2, -0.15) is 0 Å². The Morgan fingerprint density at radius 2 is 2.09 bits per heavy atom. The van der Waals surface area contributed by atoms with Crippen LogP contribution in [0.25, 0.3) is 0 Å². The molecule has 2 rings (SSSR count). The molecule has 1 amide bonds. The molecule has 0 spiro atoms. The summed E-state index contributed by atoms with van der Waals surface area (Å²) >= 11 is 0. The number of amides is 1. The number of aryl methyl sites for hydroxylation is 2. The number of carboxylic acid groups (broad SMARTS) is 1. The number of carbonyl (C=O) groups excluding carboxylic acids is 1. The maximum absolute atomic E-state index is 12.7. The molecule has 1 saturated heterocycles. The zero-order valence-electron chi connectivity index (χ0n) is 13.4. The largest absolute Gasteiger partial charge is 0.481 e. The van der Waals surface area contributed by atoms with E-state index in [1.807, 2.05) is 17.9 Å². The molecule has 0 aliphatic carbocycles. The van der Waals surface area contributed by atoms with Crippen molar-refractivity contribution in [1.82, 2.24) is 4.90 Å². The maximum Gasteiger partial charge on any atom is 0.303 e. The van der Waals surface area contributed by atoms with E-state index in [1.165, 1.54) is 0 Å². The number of furan rings is 1. The van der Waals surface area contributed by atoms with E-state index in [2.05, 4.69) is 6.92 Å². The molecular weight excluding hydrogens is 282 g/mol. The van der Waals surface area contributed by atoms with E-state index in [0.29, 0.717) is 18.7 Å². The van der Waals surface area contributed by atoms with Gasteiger partial charge in [0.05, 0.1) is 0 Å². The van der Waals surface area contributed by atoms with Crippen molar-refractivity contribution in [2.45, 2.75) is 64.8 Å². The van der Waals surface area contributed by atoms with Gasteiger partial charge in [-0.05, 0) is 43.7 Å². The van der Waals surface area contributed by atoms with Gasteiger partial charge in [0.25, 0.3) is 5.91 Å². The molecule has 0 bridgehead atoms. The molecule has 5 nitrogen and oxygen atoms in total. The van der Waals surface area contributed by atoms with E-state index in [9.17, 15) is 9.59 Å². The van der Waals surface area contributed by atoms with Crippen LogP contribution in [0.4, 0.5) is 0 Å². The molecule has 0 aromatic carbocycles. The molecule has 1 unspecified atom stereocenters. The van der Waals surface area contributed by atoms with E-state index in [0.717, 1.165) is 43.4 Å². The van der Waals surface area contributed by atoms with Crippen molar-refractivity contribution < 1.29 is 19.1 Å². The van der Waals surface area contributed by atoms with Gasteiger partial charge >= 0.3 is 5.97 Å². The van der Waals surface area contributed by atoms with Crippen LogP contribution in [0.1, 0.15) is 67.8 Å². The van der Waals surface area contributed by atoms with Crippen LogP contribution in [0.3, 0.4) is 0 Å². The van der Waals surface area contributed by atoms with E-state index < -0.39 is 5.97 Å². The van der Waals surface area contributed by atoms with E-state index in [4.69, 9.17) is 9.52 Å². The quantitative estimate of drug-likeness (QED) is 0.875. The van der Waals surface area contributed by atoms with Crippen LogP contribution in [-0.4, -0.2) is 34.5 Å². The number of likely N-dealkylation sites (tertiary alicyclic amines) is 1. The van der Waals surface area contributed by atoms with Crippen LogP contribution in [0.15, 0.2) is 10.5 Å². The van der Waals surface area contributed by atoms with Gasteiger partial charge in [0, 0.05) is 25.4 Å². The lowest BCUT2D eigenvalue weighted by atomic mass is 9.97. The molecule has 1 N–H and O–H groups in total. The second-order valence-electron chi connectivity index (χ2n) is 5.85. The van der Waals surface area contributed by atoms with Crippen LogP contribution in [-0.2, 0) is 17.6 Å². The Hall–Kier alpha value is -1.78. The number of carbonyl (C=O) groups is 2. The Labute approximate surface area is 131 Å². The number of rotatable bonds is 6. The summed E-state index contributed by atoms with van der Waals surface area (Å²) in [5, 5.41) is 8.87. The summed E-state index contributed by atoms with van der Waals surface area (Å²) in [6.45, 7) is 4.75. The van der Waals surface area contributed by atoms with Crippen molar-refractivity contribution in [3.63, 3.8) is 0 Å². The number of aliphatic carboxylic acids is 1. The fourth-order valence-corrected chi connectivity index (χ4v) is 3.17. The molecule has 122 valence electrons. The standard InChI is InChI=1S/C17H25NO4/c1-3-12-11-15(22-14(12)4-2)17(21)18-10-6-5-7-13(18)8-9-16(19)20/h11,13H,3-10H2,1-2H3,(H,19,20). The van der Waals surface area contributed by atoms with Crippen LogP contribution in [0.5, 0.6) is 0 Å². The summed E-state index contributed by atoms with van der Waals surface area (Å²) < 4.78 is 5.74. The smallest absolute Gasteiger partial charge is 0.303 e. The molecule has 1 fully saturated rings. The van der Waals surface area contributed by atoms with Crippen molar-refractivity contribution in [2.75, 3.05) is 6.54 Å². The van der Waals surface area contributed by atoms with E-state index in [-0.39, 0.29) is 18.4 Å². The first-order valence-corrected chi connectivity index (χ1v) is 8.21. The summed E-state index contributed by atoms with van der Waals surface area (Å²) in [4.78, 5) is 25.3. The Morgan fingerprint density at radius 1 is 1.32 bits per heavy atom. The van der Waals surface area contributed by atoms with Gasteiger partial charge in [-0.15, -0.1) is 0 Å². The molecule has 0 radical (unpaired) electrons. The van der Waals surface area contributed by atoms with Gasteiger partial charge in [0.1, 0.15) is 5.76 Å². The lowest BCUT2D eigenvalue weighted by Crippen LogP contribution is -2.43. The van der Waals surface area contributed by atoms with E-state index >= 15 is 0 Å². The van der Waals surface area contributed by atoms with Gasteiger partial charge in [0.2, 0.25) is 0 Å². The third kappa shape index (κ3) is 3.70. The van der Waals surface area contributed by atoms with Crippen molar-refractivity contribution in [3.05, 3.63) is 23.2 Å². The van der Waals surface area contributed by atoms with Gasteiger partial charge in [-0.1, -0.05) is 13.8 Å². The average molecular weight is 307 g/mol. The van der Waals surface area contributed by atoms with Crippen LogP contribution in [0, 0.1) is 0 Å². The maximum atomic E-state index is 12.7. The van der Waals surface area contributed by atoms with Gasteiger partial charge in [-0.3, -0.25) is 9.59 Å². The number of piperidine rings is 1. The lowest BCUT2D eigenvalue weighted by molar-refractivity contribution is -0.137. The molecule has 22 heavy (non-hydrogen) atoms. The fourth-order valence-electron chi connectivity index (χ4n) is 3.17. The molecule has 1 aromatic rings. The SMILES string of the molecule is CCc1cc(C(=O)N2CCCCC2CCC(=O)O)oc1CC. The van der Waals surface area contributed by atoms with Crippen LogP contribution >= 0.6 is 0 Å². The summed E-state index contributed by atoms with van der Waals surface area (Å²) in [5.74, 6) is 0.378. The molecule has 1 aliphatic heterocycles. The van der Waals surface area contributed by atoms with Crippen molar-refractivity contribution >= 4 is 11.9 Å². The monoisotopic (exact) mass is 307 g/mol. The first-order chi connectivity index (χ1) is 10.6. The summed E-state index contributed by atoms with van der Waals surface area (Å²) in [6.07, 6.45) is 5.14. The Bertz CT molecular complexity index is 513. The predicted molar refractivity (Wildman–Crippen MR) is 83.0 cm³/mol. The van der Waals surface area contributed by atoms with Crippen molar-refractivity contribution in [2.24, 2.45) is 0 Å². The molecule has 1 aromatic heterocycles. The van der Waals surface area contributed by atoms with Gasteiger partial charge in [-0.25, -0.2) is 0 Å². The van der Waals surface area contributed by atoms with Crippen LogP contribution < -0.4 is 0 Å². The number of nitrogens with zero attached hydrogens (tertiary/aromatic N) is 1. The predicted octanol–water partition coefficient (Wildman–Crippen LogP) is 3.26. The topological polar surface area (TPSA) is 70.8 Å².